The predicted octanol–water partition coefficient (Wildman–Crippen LogP) is 5.00. The summed E-state index contributed by atoms with van der Waals surface area (Å²) < 4.78 is 0. The second-order valence-electron chi connectivity index (χ2n) is 5.84. The Morgan fingerprint density at radius 1 is 1.17 bits per heavy atom. The summed E-state index contributed by atoms with van der Waals surface area (Å²) in [5.74, 6) is 0.227. The lowest BCUT2D eigenvalue weighted by atomic mass is 9.96. The van der Waals surface area contributed by atoms with E-state index < -0.39 is 0 Å². The summed E-state index contributed by atoms with van der Waals surface area (Å²) in [6.07, 6.45) is 2.35. The summed E-state index contributed by atoms with van der Waals surface area (Å²) in [5.41, 5.74) is 0.764. The van der Waals surface area contributed by atoms with Crippen LogP contribution >= 0.6 is 11.3 Å². The second-order valence-corrected chi connectivity index (χ2v) is 6.82. The van der Waals surface area contributed by atoms with Crippen LogP contribution in [0.5, 0.6) is 5.75 Å². The SMILES string of the molecule is CCCCC(=O)N[C@@H](c1cccs1)c1c(O)ccc2ccccc12. The molecular weight excluding hydrogens is 318 g/mol. The van der Waals surface area contributed by atoms with Gasteiger partial charge in [-0.25, -0.2) is 0 Å². The number of fused-ring (bicyclic) bond motifs is 1. The van der Waals surface area contributed by atoms with Gasteiger partial charge in [0, 0.05) is 16.9 Å². The summed E-state index contributed by atoms with van der Waals surface area (Å²) in [6.45, 7) is 2.07. The van der Waals surface area contributed by atoms with Gasteiger partial charge in [0.25, 0.3) is 0 Å². The maximum absolute atomic E-state index is 12.3. The van der Waals surface area contributed by atoms with Gasteiger partial charge < -0.3 is 10.4 Å². The molecule has 1 amide bonds. The quantitative estimate of drug-likeness (QED) is 0.664. The third-order valence-electron chi connectivity index (χ3n) is 4.13. The Morgan fingerprint density at radius 2 is 2.00 bits per heavy atom. The first-order chi connectivity index (χ1) is 11.7. The van der Waals surface area contributed by atoms with Gasteiger partial charge in [-0.2, -0.15) is 0 Å². The number of phenols is 1. The molecular formula is C20H21NO2S. The number of amides is 1. The molecule has 0 spiro atoms. The number of benzene rings is 2. The highest BCUT2D eigenvalue weighted by Gasteiger charge is 2.23. The zero-order valence-corrected chi connectivity index (χ0v) is 14.5. The van der Waals surface area contributed by atoms with E-state index in [0.717, 1.165) is 34.1 Å². The van der Waals surface area contributed by atoms with Crippen LogP contribution in [0.2, 0.25) is 0 Å². The number of hydrogen-bond acceptors (Lipinski definition) is 3. The molecule has 0 aliphatic heterocycles. The molecule has 3 rings (SSSR count). The van der Waals surface area contributed by atoms with Crippen molar-refractivity contribution in [3.8, 4) is 5.75 Å². The molecule has 0 saturated carbocycles. The minimum absolute atomic E-state index is 0.0163. The fourth-order valence-corrected chi connectivity index (χ4v) is 3.68. The molecule has 0 fully saturated rings. The lowest BCUT2D eigenvalue weighted by Gasteiger charge is -2.21. The summed E-state index contributed by atoms with van der Waals surface area (Å²) in [7, 11) is 0. The van der Waals surface area contributed by atoms with E-state index in [9.17, 15) is 9.90 Å². The van der Waals surface area contributed by atoms with Gasteiger partial charge in [-0.3, -0.25) is 4.79 Å². The van der Waals surface area contributed by atoms with Gasteiger partial charge in [-0.1, -0.05) is 49.7 Å². The Hall–Kier alpha value is -2.33. The highest BCUT2D eigenvalue weighted by molar-refractivity contribution is 7.10. The molecule has 3 nitrogen and oxygen atoms in total. The van der Waals surface area contributed by atoms with Crippen LogP contribution < -0.4 is 5.32 Å². The molecule has 24 heavy (non-hydrogen) atoms. The van der Waals surface area contributed by atoms with Gasteiger partial charge in [0.15, 0.2) is 0 Å². The fourth-order valence-electron chi connectivity index (χ4n) is 2.90. The topological polar surface area (TPSA) is 49.3 Å². The van der Waals surface area contributed by atoms with E-state index in [1.165, 1.54) is 0 Å². The molecule has 0 radical (unpaired) electrons. The number of hydrogen-bond donors (Lipinski definition) is 2. The van der Waals surface area contributed by atoms with Gasteiger partial charge in [0.1, 0.15) is 5.75 Å². The third kappa shape index (κ3) is 3.44. The number of nitrogens with one attached hydrogen (secondary N) is 1. The van der Waals surface area contributed by atoms with E-state index in [4.69, 9.17) is 0 Å². The monoisotopic (exact) mass is 339 g/mol. The fraction of sp³-hybridized carbons (Fsp3) is 0.250. The largest absolute Gasteiger partial charge is 0.508 e. The molecule has 0 aliphatic rings. The average Bonchev–Trinajstić information content (AvgIpc) is 3.13. The molecule has 124 valence electrons. The predicted molar refractivity (Wildman–Crippen MR) is 99.4 cm³/mol. The van der Waals surface area contributed by atoms with Gasteiger partial charge in [0.2, 0.25) is 5.91 Å². The highest BCUT2D eigenvalue weighted by Crippen LogP contribution is 2.37. The van der Waals surface area contributed by atoms with Crippen molar-refractivity contribution < 1.29 is 9.90 Å². The van der Waals surface area contributed by atoms with Crippen molar-refractivity contribution in [1.29, 1.82) is 0 Å². The second kappa shape index (κ2) is 7.49. The number of phenolic OH excluding ortho intramolecular Hbond substituents is 1. The molecule has 1 heterocycles. The molecule has 0 saturated heterocycles. The molecule has 0 unspecified atom stereocenters. The standard InChI is InChI=1S/C20H21NO2S/c1-2-3-10-18(23)21-20(17-9-6-13-24-17)19-15-8-5-4-7-14(15)11-12-16(19)22/h4-9,11-13,20,22H,2-3,10H2,1H3,(H,21,23)/t20-/m0/s1. The van der Waals surface area contributed by atoms with Gasteiger partial charge >= 0.3 is 0 Å². The Kier molecular flexibility index (Phi) is 5.16. The van der Waals surface area contributed by atoms with Gasteiger partial charge in [-0.05, 0) is 34.7 Å². The normalized spacial score (nSPS) is 12.2. The van der Waals surface area contributed by atoms with Crippen molar-refractivity contribution in [2.24, 2.45) is 0 Å². The van der Waals surface area contributed by atoms with Crippen LogP contribution in [0.3, 0.4) is 0 Å². The summed E-state index contributed by atoms with van der Waals surface area (Å²) in [4.78, 5) is 13.4. The number of aromatic hydroxyl groups is 1. The number of carbonyl (C=O) groups excluding carboxylic acids is 1. The van der Waals surface area contributed by atoms with E-state index in [2.05, 4.69) is 12.2 Å². The van der Waals surface area contributed by atoms with Crippen molar-refractivity contribution >= 4 is 28.0 Å². The molecule has 0 bridgehead atoms. The van der Waals surface area contributed by atoms with Crippen LogP contribution in [0.15, 0.2) is 53.9 Å². The molecule has 0 aliphatic carbocycles. The van der Waals surface area contributed by atoms with Crippen molar-refractivity contribution in [3.63, 3.8) is 0 Å². The van der Waals surface area contributed by atoms with Crippen molar-refractivity contribution in [1.82, 2.24) is 5.32 Å². The summed E-state index contributed by atoms with van der Waals surface area (Å²) in [5, 5.41) is 17.6. The van der Waals surface area contributed by atoms with Crippen LogP contribution in [0.1, 0.15) is 42.7 Å². The molecule has 1 atom stereocenters. The van der Waals surface area contributed by atoms with Crippen LogP contribution in [-0.4, -0.2) is 11.0 Å². The first kappa shape index (κ1) is 16.5. The van der Waals surface area contributed by atoms with Gasteiger partial charge in [0.05, 0.1) is 6.04 Å². The zero-order valence-electron chi connectivity index (χ0n) is 13.7. The number of carbonyl (C=O) groups is 1. The Labute approximate surface area is 146 Å². The number of thiophene rings is 1. The van der Waals surface area contributed by atoms with Crippen molar-refractivity contribution in [2.75, 3.05) is 0 Å². The van der Waals surface area contributed by atoms with Crippen molar-refractivity contribution in [3.05, 3.63) is 64.4 Å². The Morgan fingerprint density at radius 3 is 2.75 bits per heavy atom. The zero-order chi connectivity index (χ0) is 16.9. The van der Waals surface area contributed by atoms with Crippen LogP contribution in [0, 0.1) is 0 Å². The molecule has 3 aromatic rings. The third-order valence-corrected chi connectivity index (χ3v) is 5.06. The maximum atomic E-state index is 12.3. The molecule has 2 N–H and O–H groups in total. The van der Waals surface area contributed by atoms with Crippen LogP contribution in [0.25, 0.3) is 10.8 Å². The maximum Gasteiger partial charge on any atom is 0.220 e. The minimum Gasteiger partial charge on any atom is -0.508 e. The van der Waals surface area contributed by atoms with E-state index >= 15 is 0 Å². The van der Waals surface area contributed by atoms with E-state index in [1.54, 1.807) is 17.4 Å². The Bertz CT molecular complexity index is 827. The van der Waals surface area contributed by atoms with E-state index in [-0.39, 0.29) is 17.7 Å². The minimum atomic E-state index is -0.333. The summed E-state index contributed by atoms with van der Waals surface area (Å²) in [6, 6.07) is 15.2. The molecule has 4 heteroatoms. The first-order valence-electron chi connectivity index (χ1n) is 8.24. The van der Waals surface area contributed by atoms with Crippen LogP contribution in [-0.2, 0) is 4.79 Å². The van der Waals surface area contributed by atoms with Gasteiger partial charge in [-0.15, -0.1) is 11.3 Å². The highest BCUT2D eigenvalue weighted by atomic mass is 32.1. The van der Waals surface area contributed by atoms with E-state index in [0.29, 0.717) is 6.42 Å². The number of unbranched alkanes of at least 4 members (excludes halogenated alkanes) is 1. The average molecular weight is 339 g/mol. The molecule has 1 aromatic heterocycles. The Balaban J connectivity index is 2.06. The lowest BCUT2D eigenvalue weighted by Crippen LogP contribution is -2.28. The van der Waals surface area contributed by atoms with Crippen molar-refractivity contribution in [2.45, 2.75) is 32.2 Å². The van der Waals surface area contributed by atoms with E-state index in [1.807, 2.05) is 47.8 Å². The summed E-state index contributed by atoms with van der Waals surface area (Å²) >= 11 is 1.58. The lowest BCUT2D eigenvalue weighted by molar-refractivity contribution is -0.121. The smallest absolute Gasteiger partial charge is 0.220 e. The first-order valence-corrected chi connectivity index (χ1v) is 9.12. The number of rotatable bonds is 6. The van der Waals surface area contributed by atoms with Crippen LogP contribution in [0.4, 0.5) is 0 Å². The molecule has 2 aromatic carbocycles.